The minimum absolute atomic E-state index is 0.170. The van der Waals surface area contributed by atoms with Gasteiger partial charge in [0, 0.05) is 57.7 Å². The van der Waals surface area contributed by atoms with Crippen molar-refractivity contribution < 1.29 is 37.0 Å². The van der Waals surface area contributed by atoms with Crippen LogP contribution >= 0.6 is 0 Å². The van der Waals surface area contributed by atoms with Gasteiger partial charge in [0.2, 0.25) is 0 Å². The van der Waals surface area contributed by atoms with Crippen molar-refractivity contribution in [3.05, 3.63) is 70.8 Å². The molecule has 0 radical (unpaired) electrons. The molecule has 0 atom stereocenters. The van der Waals surface area contributed by atoms with E-state index >= 15 is 0 Å². The minimum Gasteiger partial charge on any atom is -0.444 e. The second-order valence-electron chi connectivity index (χ2n) is 12.8. The molecule has 2 aliphatic heterocycles. The molecule has 12 heteroatoms. The topological polar surface area (TPSA) is 100 Å². The van der Waals surface area contributed by atoms with Crippen LogP contribution < -0.4 is 10.6 Å². The number of hydrogen-bond acceptors (Lipinski definition) is 6. The molecule has 2 heterocycles. The molecule has 0 unspecified atom stereocenters. The second kappa shape index (κ2) is 14.5. The van der Waals surface area contributed by atoms with Crippen LogP contribution in [0, 0.1) is 0 Å². The standard InChI is InChI=1S/C33H43F3N4O5/c1-31(2,3)44-29(42)38-18-6-4-5-17-37-28(41)26-11-7-25(8-12-26)22-40-23-32(45-30(40)43)15-19-39(20-16-32)21-24-9-13-27(14-10-24)33(34,35)36/h7-14H,4-6,15-23H2,1-3H3,(H,37,41)(H,38,42). The normalized spacial score (nSPS) is 16.8. The number of nitrogens with zero attached hydrogens (tertiary/aromatic N) is 2. The van der Waals surface area contributed by atoms with E-state index in [2.05, 4.69) is 15.5 Å². The first kappa shape index (κ1) is 34.1. The van der Waals surface area contributed by atoms with Gasteiger partial charge in [0.25, 0.3) is 5.91 Å². The van der Waals surface area contributed by atoms with E-state index in [4.69, 9.17) is 9.47 Å². The van der Waals surface area contributed by atoms with Crippen molar-refractivity contribution in [3.8, 4) is 0 Å². The summed E-state index contributed by atoms with van der Waals surface area (Å²) in [5.74, 6) is -0.170. The third kappa shape index (κ3) is 10.4. The summed E-state index contributed by atoms with van der Waals surface area (Å²) in [6.07, 6.45) is -1.44. The molecule has 0 saturated carbocycles. The van der Waals surface area contributed by atoms with Crippen molar-refractivity contribution >= 4 is 18.1 Å². The molecule has 9 nitrogen and oxygen atoms in total. The van der Waals surface area contributed by atoms with Gasteiger partial charge in [-0.3, -0.25) is 14.6 Å². The first-order chi connectivity index (χ1) is 21.2. The first-order valence-corrected chi connectivity index (χ1v) is 15.4. The Morgan fingerprint density at radius 1 is 0.867 bits per heavy atom. The summed E-state index contributed by atoms with van der Waals surface area (Å²) >= 11 is 0. The molecule has 0 aliphatic carbocycles. The summed E-state index contributed by atoms with van der Waals surface area (Å²) in [4.78, 5) is 40.8. The Kier molecular flexibility index (Phi) is 11.0. The van der Waals surface area contributed by atoms with Gasteiger partial charge in [-0.2, -0.15) is 13.2 Å². The monoisotopic (exact) mass is 632 g/mol. The van der Waals surface area contributed by atoms with Gasteiger partial charge in [0.05, 0.1) is 12.1 Å². The van der Waals surface area contributed by atoms with E-state index < -0.39 is 29.0 Å². The van der Waals surface area contributed by atoms with E-state index in [0.29, 0.717) is 64.2 Å². The number of rotatable bonds is 11. The number of carbonyl (C=O) groups excluding carboxylic acids is 3. The lowest BCUT2D eigenvalue weighted by molar-refractivity contribution is -0.137. The largest absolute Gasteiger partial charge is 0.444 e. The lowest BCUT2D eigenvalue weighted by Crippen LogP contribution is -2.46. The summed E-state index contributed by atoms with van der Waals surface area (Å²) < 4.78 is 49.6. The number of alkyl carbamates (subject to hydrolysis) is 1. The zero-order valence-corrected chi connectivity index (χ0v) is 26.2. The number of amides is 3. The van der Waals surface area contributed by atoms with E-state index in [-0.39, 0.29) is 12.0 Å². The Balaban J connectivity index is 1.14. The van der Waals surface area contributed by atoms with Crippen molar-refractivity contribution in [2.45, 2.75) is 83.3 Å². The minimum atomic E-state index is -4.35. The highest BCUT2D eigenvalue weighted by molar-refractivity contribution is 5.94. The molecular formula is C33H43F3N4O5. The molecular weight excluding hydrogens is 589 g/mol. The lowest BCUT2D eigenvalue weighted by Gasteiger charge is -2.37. The number of unbranched alkanes of at least 4 members (excludes halogenated alkanes) is 2. The SMILES string of the molecule is CC(C)(C)OC(=O)NCCCCCNC(=O)c1ccc(CN2CC3(CCN(Cc4ccc(C(F)(F)F)cc4)CC3)OC2=O)cc1. The fourth-order valence-electron chi connectivity index (χ4n) is 5.47. The van der Waals surface area contributed by atoms with Crippen LogP contribution in [0.25, 0.3) is 0 Å². The Labute approximate surface area is 262 Å². The molecule has 0 aromatic heterocycles. The summed E-state index contributed by atoms with van der Waals surface area (Å²) in [5, 5.41) is 5.63. The Hall–Kier alpha value is -3.80. The quantitative estimate of drug-likeness (QED) is 0.290. The van der Waals surface area contributed by atoms with Crippen LogP contribution in [-0.2, 0) is 28.7 Å². The van der Waals surface area contributed by atoms with Crippen LogP contribution in [0.2, 0.25) is 0 Å². The number of piperidine rings is 1. The number of benzene rings is 2. The highest BCUT2D eigenvalue weighted by Crippen LogP contribution is 2.35. The number of likely N-dealkylation sites (tertiary alicyclic amines) is 1. The van der Waals surface area contributed by atoms with Crippen LogP contribution in [0.5, 0.6) is 0 Å². The van der Waals surface area contributed by atoms with Crippen LogP contribution in [0.1, 0.15) is 79.9 Å². The fraction of sp³-hybridized carbons (Fsp3) is 0.545. The first-order valence-electron chi connectivity index (χ1n) is 15.4. The summed E-state index contributed by atoms with van der Waals surface area (Å²) in [7, 11) is 0. The summed E-state index contributed by atoms with van der Waals surface area (Å²) in [6, 6.07) is 12.4. The molecule has 4 rings (SSSR count). The van der Waals surface area contributed by atoms with Gasteiger partial charge in [0.1, 0.15) is 11.2 Å². The van der Waals surface area contributed by atoms with Gasteiger partial charge in [-0.05, 0) is 75.4 Å². The number of hydrogen-bond donors (Lipinski definition) is 2. The van der Waals surface area contributed by atoms with Gasteiger partial charge >= 0.3 is 18.4 Å². The van der Waals surface area contributed by atoms with Crippen LogP contribution in [0.3, 0.4) is 0 Å². The van der Waals surface area contributed by atoms with Gasteiger partial charge < -0.3 is 20.1 Å². The molecule has 3 amide bonds. The fourth-order valence-corrected chi connectivity index (χ4v) is 5.47. The predicted octanol–water partition coefficient (Wildman–Crippen LogP) is 6.12. The number of alkyl halides is 3. The van der Waals surface area contributed by atoms with Crippen LogP contribution in [0.15, 0.2) is 48.5 Å². The highest BCUT2D eigenvalue weighted by Gasteiger charge is 2.46. The lowest BCUT2D eigenvalue weighted by atomic mass is 9.91. The predicted molar refractivity (Wildman–Crippen MR) is 162 cm³/mol. The molecule has 2 saturated heterocycles. The van der Waals surface area contributed by atoms with Crippen molar-refractivity contribution in [2.75, 3.05) is 32.7 Å². The van der Waals surface area contributed by atoms with E-state index in [1.165, 1.54) is 12.1 Å². The Morgan fingerprint density at radius 2 is 1.44 bits per heavy atom. The van der Waals surface area contributed by atoms with Crippen molar-refractivity contribution in [2.24, 2.45) is 0 Å². The van der Waals surface area contributed by atoms with Crippen LogP contribution in [0.4, 0.5) is 22.8 Å². The maximum absolute atomic E-state index is 12.8. The van der Waals surface area contributed by atoms with E-state index in [9.17, 15) is 27.6 Å². The molecule has 2 aromatic carbocycles. The van der Waals surface area contributed by atoms with E-state index in [1.54, 1.807) is 17.0 Å². The highest BCUT2D eigenvalue weighted by atomic mass is 19.4. The maximum Gasteiger partial charge on any atom is 0.416 e. The maximum atomic E-state index is 12.8. The second-order valence-corrected chi connectivity index (χ2v) is 12.8. The zero-order chi connectivity index (χ0) is 32.7. The average Bonchev–Trinajstić information content (AvgIpc) is 3.26. The molecule has 246 valence electrons. The third-order valence-electron chi connectivity index (χ3n) is 7.89. The molecule has 2 fully saturated rings. The molecule has 2 N–H and O–H groups in total. The molecule has 0 bridgehead atoms. The zero-order valence-electron chi connectivity index (χ0n) is 26.2. The molecule has 1 spiro atoms. The van der Waals surface area contributed by atoms with Gasteiger partial charge in [-0.1, -0.05) is 24.3 Å². The van der Waals surface area contributed by atoms with E-state index in [1.807, 2.05) is 32.9 Å². The number of carbonyl (C=O) groups is 3. The smallest absolute Gasteiger partial charge is 0.416 e. The third-order valence-corrected chi connectivity index (χ3v) is 7.89. The number of halogens is 3. The van der Waals surface area contributed by atoms with Crippen molar-refractivity contribution in [1.82, 2.24) is 20.4 Å². The Bertz CT molecular complexity index is 1300. The van der Waals surface area contributed by atoms with E-state index in [0.717, 1.165) is 42.5 Å². The van der Waals surface area contributed by atoms with Gasteiger partial charge in [-0.15, -0.1) is 0 Å². The van der Waals surface area contributed by atoms with Gasteiger partial charge in [0.15, 0.2) is 0 Å². The summed E-state index contributed by atoms with van der Waals surface area (Å²) in [6.45, 7) is 9.21. The van der Waals surface area contributed by atoms with Crippen molar-refractivity contribution in [1.29, 1.82) is 0 Å². The molecule has 45 heavy (non-hydrogen) atoms. The molecule has 2 aromatic rings. The van der Waals surface area contributed by atoms with Crippen molar-refractivity contribution in [3.63, 3.8) is 0 Å². The molecule has 2 aliphatic rings. The Morgan fingerprint density at radius 3 is 2.04 bits per heavy atom. The number of ether oxygens (including phenoxy) is 2. The average molecular weight is 633 g/mol. The number of nitrogens with one attached hydrogen (secondary N) is 2. The van der Waals surface area contributed by atoms with Gasteiger partial charge in [-0.25, -0.2) is 9.59 Å². The van der Waals surface area contributed by atoms with Crippen LogP contribution in [-0.4, -0.2) is 71.8 Å². The summed E-state index contributed by atoms with van der Waals surface area (Å²) in [5.41, 5.74) is 0.476.